The fraction of sp³-hybridized carbons (Fsp3) is 0.412. The number of nitrogens with one attached hydrogen (secondary N) is 1. The SMILES string of the molecule is CC1CCN(c2ncnc(NCc3ccccc3)c2[N+](=O)[O-])CC1. The van der Waals surface area contributed by atoms with E-state index in [1.165, 1.54) is 6.33 Å². The van der Waals surface area contributed by atoms with Crippen LogP contribution in [0.1, 0.15) is 25.3 Å². The van der Waals surface area contributed by atoms with Crippen molar-refractivity contribution >= 4 is 17.3 Å². The van der Waals surface area contributed by atoms with Crippen molar-refractivity contribution in [1.29, 1.82) is 0 Å². The maximum Gasteiger partial charge on any atom is 0.353 e. The molecule has 2 heterocycles. The van der Waals surface area contributed by atoms with Gasteiger partial charge in [0.1, 0.15) is 6.33 Å². The van der Waals surface area contributed by atoms with Crippen LogP contribution >= 0.6 is 0 Å². The van der Waals surface area contributed by atoms with Gasteiger partial charge in [-0.2, -0.15) is 0 Å². The van der Waals surface area contributed by atoms with Gasteiger partial charge in [-0.1, -0.05) is 37.3 Å². The number of hydrogen-bond acceptors (Lipinski definition) is 6. The fourth-order valence-corrected chi connectivity index (χ4v) is 2.90. The second-order valence-corrected chi connectivity index (χ2v) is 6.16. The molecule has 1 aliphatic rings. The molecule has 24 heavy (non-hydrogen) atoms. The summed E-state index contributed by atoms with van der Waals surface area (Å²) in [7, 11) is 0. The molecule has 0 atom stereocenters. The smallest absolute Gasteiger partial charge is 0.353 e. The molecule has 1 saturated heterocycles. The van der Waals surface area contributed by atoms with E-state index in [1.54, 1.807) is 0 Å². The van der Waals surface area contributed by atoms with Gasteiger partial charge in [0.05, 0.1) is 4.92 Å². The first-order chi connectivity index (χ1) is 11.6. The largest absolute Gasteiger partial charge is 0.360 e. The zero-order valence-electron chi connectivity index (χ0n) is 13.7. The summed E-state index contributed by atoms with van der Waals surface area (Å²) >= 11 is 0. The van der Waals surface area contributed by atoms with Crippen molar-refractivity contribution in [3.05, 3.63) is 52.3 Å². The van der Waals surface area contributed by atoms with E-state index >= 15 is 0 Å². The highest BCUT2D eigenvalue weighted by atomic mass is 16.6. The van der Waals surface area contributed by atoms with Gasteiger partial charge < -0.3 is 10.2 Å². The minimum absolute atomic E-state index is 0.0389. The van der Waals surface area contributed by atoms with Crippen LogP contribution in [-0.4, -0.2) is 28.0 Å². The number of benzene rings is 1. The van der Waals surface area contributed by atoms with Gasteiger partial charge in [-0.15, -0.1) is 0 Å². The standard InChI is InChI=1S/C17H21N5O2/c1-13-7-9-21(10-8-13)17-15(22(23)24)16(19-12-20-17)18-11-14-5-3-2-4-6-14/h2-6,12-13H,7-11H2,1H3,(H,18,19,20). The van der Waals surface area contributed by atoms with Crippen molar-refractivity contribution in [3.8, 4) is 0 Å². The van der Waals surface area contributed by atoms with Crippen LogP contribution in [-0.2, 0) is 6.54 Å². The van der Waals surface area contributed by atoms with Crippen molar-refractivity contribution < 1.29 is 4.92 Å². The lowest BCUT2D eigenvalue weighted by molar-refractivity contribution is -0.383. The molecule has 7 heteroatoms. The van der Waals surface area contributed by atoms with Crippen LogP contribution in [0.2, 0.25) is 0 Å². The number of piperidine rings is 1. The highest BCUT2D eigenvalue weighted by Gasteiger charge is 2.28. The van der Waals surface area contributed by atoms with Gasteiger partial charge in [0.2, 0.25) is 11.6 Å². The molecule has 0 unspecified atom stereocenters. The number of hydrogen-bond donors (Lipinski definition) is 1. The van der Waals surface area contributed by atoms with E-state index in [-0.39, 0.29) is 16.4 Å². The molecule has 0 bridgehead atoms. The zero-order chi connectivity index (χ0) is 16.9. The Balaban J connectivity index is 1.84. The Bertz CT molecular complexity index is 699. The summed E-state index contributed by atoms with van der Waals surface area (Å²) in [6.45, 7) is 4.27. The average Bonchev–Trinajstić information content (AvgIpc) is 2.61. The Morgan fingerprint density at radius 1 is 1.25 bits per heavy atom. The molecule has 7 nitrogen and oxygen atoms in total. The number of nitro groups is 1. The Morgan fingerprint density at radius 2 is 1.96 bits per heavy atom. The van der Waals surface area contributed by atoms with E-state index in [0.29, 0.717) is 18.3 Å². The highest BCUT2D eigenvalue weighted by Crippen LogP contribution is 2.34. The second kappa shape index (κ2) is 7.25. The van der Waals surface area contributed by atoms with Gasteiger partial charge >= 0.3 is 5.69 Å². The molecular formula is C17H21N5O2. The monoisotopic (exact) mass is 327 g/mol. The molecule has 1 N–H and O–H groups in total. The summed E-state index contributed by atoms with van der Waals surface area (Å²) in [5, 5.41) is 14.7. The van der Waals surface area contributed by atoms with Crippen molar-refractivity contribution in [2.45, 2.75) is 26.3 Å². The number of nitrogens with zero attached hydrogens (tertiary/aromatic N) is 4. The average molecular weight is 327 g/mol. The van der Waals surface area contributed by atoms with Crippen molar-refractivity contribution in [2.24, 2.45) is 5.92 Å². The van der Waals surface area contributed by atoms with Gasteiger partial charge in [0.15, 0.2) is 0 Å². The third-order valence-electron chi connectivity index (χ3n) is 4.37. The Morgan fingerprint density at radius 3 is 2.62 bits per heavy atom. The normalized spacial score (nSPS) is 15.3. The van der Waals surface area contributed by atoms with Crippen LogP contribution in [0.4, 0.5) is 17.3 Å². The first-order valence-electron chi connectivity index (χ1n) is 8.17. The second-order valence-electron chi connectivity index (χ2n) is 6.16. The quantitative estimate of drug-likeness (QED) is 0.670. The van der Waals surface area contributed by atoms with Crippen LogP contribution in [0.15, 0.2) is 36.7 Å². The first-order valence-corrected chi connectivity index (χ1v) is 8.17. The number of anilines is 2. The molecule has 2 aromatic rings. The van der Waals surface area contributed by atoms with E-state index in [0.717, 1.165) is 31.5 Å². The Kier molecular flexibility index (Phi) is 4.88. The lowest BCUT2D eigenvalue weighted by Gasteiger charge is -2.30. The molecule has 3 rings (SSSR count). The van der Waals surface area contributed by atoms with E-state index in [9.17, 15) is 10.1 Å². The van der Waals surface area contributed by atoms with E-state index < -0.39 is 0 Å². The van der Waals surface area contributed by atoms with Crippen LogP contribution in [0.5, 0.6) is 0 Å². The maximum absolute atomic E-state index is 11.6. The summed E-state index contributed by atoms with van der Waals surface area (Å²) in [4.78, 5) is 21.5. The lowest BCUT2D eigenvalue weighted by Crippen LogP contribution is -2.34. The third-order valence-corrected chi connectivity index (χ3v) is 4.37. The van der Waals surface area contributed by atoms with E-state index in [1.807, 2.05) is 35.2 Å². The van der Waals surface area contributed by atoms with Crippen LogP contribution < -0.4 is 10.2 Å². The predicted molar refractivity (Wildman–Crippen MR) is 93.1 cm³/mol. The molecule has 0 saturated carbocycles. The third kappa shape index (κ3) is 3.61. The summed E-state index contributed by atoms with van der Waals surface area (Å²) in [5.41, 5.74) is 1.00. The number of aromatic nitrogens is 2. The summed E-state index contributed by atoms with van der Waals surface area (Å²) in [6.07, 6.45) is 3.44. The number of rotatable bonds is 5. The maximum atomic E-state index is 11.6. The Hall–Kier alpha value is -2.70. The van der Waals surface area contributed by atoms with Crippen LogP contribution in [0, 0.1) is 16.0 Å². The molecular weight excluding hydrogens is 306 g/mol. The van der Waals surface area contributed by atoms with E-state index in [4.69, 9.17) is 0 Å². The molecule has 1 aromatic carbocycles. The lowest BCUT2D eigenvalue weighted by atomic mass is 9.99. The summed E-state index contributed by atoms with van der Waals surface area (Å²) in [5.74, 6) is 1.34. The molecule has 1 fully saturated rings. The molecule has 0 spiro atoms. The molecule has 0 amide bonds. The fourth-order valence-electron chi connectivity index (χ4n) is 2.90. The van der Waals surface area contributed by atoms with Crippen molar-refractivity contribution in [1.82, 2.24) is 9.97 Å². The van der Waals surface area contributed by atoms with E-state index in [2.05, 4.69) is 22.2 Å². The van der Waals surface area contributed by atoms with Crippen LogP contribution in [0.3, 0.4) is 0 Å². The van der Waals surface area contributed by atoms with Crippen molar-refractivity contribution in [3.63, 3.8) is 0 Å². The predicted octanol–water partition coefficient (Wildman–Crippen LogP) is 3.23. The molecule has 0 aliphatic carbocycles. The molecule has 0 radical (unpaired) electrons. The summed E-state index contributed by atoms with van der Waals surface area (Å²) < 4.78 is 0. The van der Waals surface area contributed by atoms with Gasteiger partial charge in [-0.05, 0) is 24.3 Å². The van der Waals surface area contributed by atoms with Crippen LogP contribution in [0.25, 0.3) is 0 Å². The van der Waals surface area contributed by atoms with Gasteiger partial charge in [-0.3, -0.25) is 10.1 Å². The zero-order valence-corrected chi connectivity index (χ0v) is 13.7. The van der Waals surface area contributed by atoms with Gasteiger partial charge in [-0.25, -0.2) is 9.97 Å². The topological polar surface area (TPSA) is 84.2 Å². The van der Waals surface area contributed by atoms with Gasteiger partial charge in [0, 0.05) is 19.6 Å². The summed E-state index contributed by atoms with van der Waals surface area (Å²) in [6, 6.07) is 9.74. The minimum Gasteiger partial charge on any atom is -0.360 e. The molecule has 1 aromatic heterocycles. The minimum atomic E-state index is -0.388. The highest BCUT2D eigenvalue weighted by molar-refractivity contribution is 5.70. The molecule has 1 aliphatic heterocycles. The van der Waals surface area contributed by atoms with Gasteiger partial charge in [0.25, 0.3) is 0 Å². The Labute approximate surface area is 140 Å². The first kappa shape index (κ1) is 16.2. The molecule has 126 valence electrons. The van der Waals surface area contributed by atoms with Crippen molar-refractivity contribution in [2.75, 3.05) is 23.3 Å².